The topological polar surface area (TPSA) is 103 Å². The average Bonchev–Trinajstić information content (AvgIpc) is 2.55. The van der Waals surface area contributed by atoms with E-state index in [-0.39, 0.29) is 17.6 Å². The minimum atomic E-state index is -0.522. The van der Waals surface area contributed by atoms with Crippen molar-refractivity contribution in [2.24, 2.45) is 16.5 Å². The maximum atomic E-state index is 12.8. The van der Waals surface area contributed by atoms with E-state index < -0.39 is 5.91 Å². The van der Waals surface area contributed by atoms with E-state index >= 15 is 0 Å². The Labute approximate surface area is 133 Å². The number of pyridine rings is 1. The second-order valence-electron chi connectivity index (χ2n) is 5.93. The summed E-state index contributed by atoms with van der Waals surface area (Å²) >= 11 is 0. The van der Waals surface area contributed by atoms with Crippen LogP contribution in [0.25, 0.3) is 10.8 Å². The van der Waals surface area contributed by atoms with Gasteiger partial charge in [-0.25, -0.2) is 0 Å². The molecule has 0 radical (unpaired) electrons. The minimum absolute atomic E-state index is 0.0613. The fourth-order valence-electron chi connectivity index (χ4n) is 3.29. The molecule has 1 fully saturated rings. The number of carbonyl (C=O) groups is 1. The van der Waals surface area contributed by atoms with E-state index in [1.54, 1.807) is 35.0 Å². The quantitative estimate of drug-likeness (QED) is 0.653. The molecule has 0 unspecified atom stereocenters. The standard InChI is InChI=1S/C17H20N4O2/c18-17(19)20-15(22)14-10-21(11-6-2-1-3-7-11)16(23)13-9-5-4-8-12(13)14/h4-5,8-11H,1-3,6-7H2,(H4,18,19,20,22). The van der Waals surface area contributed by atoms with Crippen LogP contribution in [0, 0.1) is 0 Å². The van der Waals surface area contributed by atoms with Gasteiger partial charge in [-0.2, -0.15) is 4.99 Å². The first-order valence-corrected chi connectivity index (χ1v) is 7.86. The summed E-state index contributed by atoms with van der Waals surface area (Å²) in [5.74, 6) is -0.805. The molecule has 0 spiro atoms. The molecule has 4 N–H and O–H groups in total. The molecule has 1 amide bonds. The number of benzene rings is 1. The third-order valence-electron chi connectivity index (χ3n) is 4.38. The molecule has 120 valence electrons. The molecule has 6 heteroatoms. The van der Waals surface area contributed by atoms with Crippen molar-refractivity contribution in [3.63, 3.8) is 0 Å². The Morgan fingerprint density at radius 1 is 1.09 bits per heavy atom. The van der Waals surface area contributed by atoms with Crippen LogP contribution in [0.15, 0.2) is 40.2 Å². The van der Waals surface area contributed by atoms with E-state index in [9.17, 15) is 9.59 Å². The highest BCUT2D eigenvalue weighted by Gasteiger charge is 2.20. The monoisotopic (exact) mass is 312 g/mol. The van der Waals surface area contributed by atoms with Gasteiger partial charge < -0.3 is 16.0 Å². The number of aromatic nitrogens is 1. The van der Waals surface area contributed by atoms with Gasteiger partial charge >= 0.3 is 0 Å². The number of nitrogens with two attached hydrogens (primary N) is 2. The number of rotatable bonds is 2. The van der Waals surface area contributed by atoms with Gasteiger partial charge in [0.05, 0.1) is 5.56 Å². The van der Waals surface area contributed by atoms with Crippen LogP contribution in [-0.4, -0.2) is 16.4 Å². The molecule has 0 atom stereocenters. The molecule has 2 aromatic rings. The van der Waals surface area contributed by atoms with Crippen LogP contribution in [-0.2, 0) is 0 Å². The van der Waals surface area contributed by atoms with Gasteiger partial charge in [-0.05, 0) is 18.9 Å². The zero-order chi connectivity index (χ0) is 16.4. The summed E-state index contributed by atoms with van der Waals surface area (Å²) in [6.45, 7) is 0. The van der Waals surface area contributed by atoms with Gasteiger partial charge in [0.25, 0.3) is 11.5 Å². The molecule has 1 aromatic heterocycles. The molecular formula is C17H20N4O2. The number of nitrogens with zero attached hydrogens (tertiary/aromatic N) is 2. The summed E-state index contributed by atoms with van der Waals surface area (Å²) < 4.78 is 1.69. The highest BCUT2D eigenvalue weighted by Crippen LogP contribution is 2.28. The average molecular weight is 312 g/mol. The van der Waals surface area contributed by atoms with E-state index in [0.717, 1.165) is 25.7 Å². The maximum absolute atomic E-state index is 12.8. The van der Waals surface area contributed by atoms with Crippen LogP contribution >= 0.6 is 0 Å². The van der Waals surface area contributed by atoms with Crippen molar-refractivity contribution in [3.05, 3.63) is 46.4 Å². The number of hydrogen-bond donors (Lipinski definition) is 2. The zero-order valence-electron chi connectivity index (χ0n) is 12.9. The molecule has 1 aliphatic carbocycles. The van der Waals surface area contributed by atoms with Crippen molar-refractivity contribution in [2.45, 2.75) is 38.1 Å². The van der Waals surface area contributed by atoms with Gasteiger partial charge in [0.1, 0.15) is 0 Å². The number of hydrogen-bond acceptors (Lipinski definition) is 2. The van der Waals surface area contributed by atoms with Gasteiger partial charge in [-0.3, -0.25) is 9.59 Å². The minimum Gasteiger partial charge on any atom is -0.370 e. The van der Waals surface area contributed by atoms with Gasteiger partial charge in [0, 0.05) is 23.0 Å². The molecule has 0 bridgehead atoms. The van der Waals surface area contributed by atoms with Gasteiger partial charge in [0.2, 0.25) is 0 Å². The van der Waals surface area contributed by atoms with Crippen molar-refractivity contribution in [3.8, 4) is 0 Å². The SMILES string of the molecule is NC(N)=NC(=O)c1cn(C2CCCCC2)c(=O)c2ccccc12. The molecule has 1 saturated carbocycles. The summed E-state index contributed by atoms with van der Waals surface area (Å²) in [6.07, 6.45) is 6.92. The van der Waals surface area contributed by atoms with Gasteiger partial charge in [0.15, 0.2) is 5.96 Å². The van der Waals surface area contributed by atoms with E-state index in [0.29, 0.717) is 16.3 Å². The lowest BCUT2D eigenvalue weighted by molar-refractivity contribution is 0.100. The second kappa shape index (κ2) is 6.24. The molecule has 1 heterocycles. The van der Waals surface area contributed by atoms with Crippen molar-refractivity contribution in [1.82, 2.24) is 4.57 Å². The van der Waals surface area contributed by atoms with E-state index in [2.05, 4.69) is 4.99 Å². The third kappa shape index (κ3) is 2.97. The summed E-state index contributed by atoms with van der Waals surface area (Å²) in [5, 5.41) is 1.11. The summed E-state index contributed by atoms with van der Waals surface area (Å²) in [4.78, 5) is 28.8. The Morgan fingerprint density at radius 3 is 2.39 bits per heavy atom. The molecule has 0 aliphatic heterocycles. The van der Waals surface area contributed by atoms with E-state index in [1.165, 1.54) is 6.42 Å². The van der Waals surface area contributed by atoms with Crippen molar-refractivity contribution in [1.29, 1.82) is 0 Å². The van der Waals surface area contributed by atoms with Crippen LogP contribution in [0.4, 0.5) is 0 Å². The largest absolute Gasteiger partial charge is 0.370 e. The predicted octanol–water partition coefficient (Wildman–Crippen LogP) is 1.92. The summed E-state index contributed by atoms with van der Waals surface area (Å²) in [5.41, 5.74) is 10.9. The Balaban J connectivity index is 2.22. The number of carbonyl (C=O) groups excluding carboxylic acids is 1. The fraction of sp³-hybridized carbons (Fsp3) is 0.353. The molecule has 3 rings (SSSR count). The zero-order valence-corrected chi connectivity index (χ0v) is 12.9. The Hall–Kier alpha value is -2.63. The number of guanidine groups is 1. The highest BCUT2D eigenvalue weighted by atomic mass is 16.1. The van der Waals surface area contributed by atoms with Crippen LogP contribution < -0.4 is 17.0 Å². The Bertz CT molecular complexity index is 828. The second-order valence-corrected chi connectivity index (χ2v) is 5.93. The normalized spacial score (nSPS) is 15.5. The fourth-order valence-corrected chi connectivity index (χ4v) is 3.29. The Morgan fingerprint density at radius 2 is 1.74 bits per heavy atom. The maximum Gasteiger partial charge on any atom is 0.282 e. The first kappa shape index (κ1) is 15.3. The number of amides is 1. The molecule has 6 nitrogen and oxygen atoms in total. The van der Waals surface area contributed by atoms with Crippen LogP contribution in [0.1, 0.15) is 48.5 Å². The predicted molar refractivity (Wildman–Crippen MR) is 90.5 cm³/mol. The number of aliphatic imine (C=N–C) groups is 1. The highest BCUT2D eigenvalue weighted by molar-refractivity contribution is 6.10. The van der Waals surface area contributed by atoms with Crippen molar-refractivity contribution >= 4 is 22.6 Å². The van der Waals surface area contributed by atoms with Gasteiger partial charge in [-0.15, -0.1) is 0 Å². The van der Waals surface area contributed by atoms with Crippen molar-refractivity contribution < 1.29 is 4.79 Å². The van der Waals surface area contributed by atoms with Crippen LogP contribution in [0.5, 0.6) is 0 Å². The smallest absolute Gasteiger partial charge is 0.282 e. The van der Waals surface area contributed by atoms with E-state index in [1.807, 2.05) is 0 Å². The molecular weight excluding hydrogens is 292 g/mol. The molecule has 0 saturated heterocycles. The van der Waals surface area contributed by atoms with Crippen LogP contribution in [0.3, 0.4) is 0 Å². The van der Waals surface area contributed by atoms with Crippen molar-refractivity contribution in [2.75, 3.05) is 0 Å². The summed E-state index contributed by atoms with van der Waals surface area (Å²) in [7, 11) is 0. The Kier molecular flexibility index (Phi) is 4.14. The lowest BCUT2D eigenvalue weighted by Gasteiger charge is -2.24. The lowest BCUT2D eigenvalue weighted by atomic mass is 9.94. The molecule has 1 aliphatic rings. The first-order chi connectivity index (χ1) is 11.1. The van der Waals surface area contributed by atoms with E-state index in [4.69, 9.17) is 11.5 Å². The summed E-state index contributed by atoms with van der Waals surface area (Å²) in [6, 6.07) is 7.20. The van der Waals surface area contributed by atoms with Crippen LogP contribution in [0.2, 0.25) is 0 Å². The number of fused-ring (bicyclic) bond motifs is 1. The first-order valence-electron chi connectivity index (χ1n) is 7.86. The third-order valence-corrected chi connectivity index (χ3v) is 4.38. The molecule has 1 aromatic carbocycles. The van der Waals surface area contributed by atoms with Gasteiger partial charge in [-0.1, -0.05) is 37.5 Å². The molecule has 23 heavy (non-hydrogen) atoms. The lowest BCUT2D eigenvalue weighted by Crippen LogP contribution is -2.28.